The topological polar surface area (TPSA) is 92.0 Å². The van der Waals surface area contributed by atoms with E-state index in [1.54, 1.807) is 12.1 Å². The highest BCUT2D eigenvalue weighted by Crippen LogP contribution is 2.25. The van der Waals surface area contributed by atoms with Crippen LogP contribution in [0.25, 0.3) is 0 Å². The fourth-order valence-electron chi connectivity index (χ4n) is 2.75. The van der Waals surface area contributed by atoms with E-state index in [0.717, 1.165) is 11.6 Å². The molecular weight excluding hydrogens is 331 g/mol. The Balaban J connectivity index is 1.92. The fraction of sp³-hybridized carbons (Fsp3) is 0.294. The summed E-state index contributed by atoms with van der Waals surface area (Å²) in [4.78, 5) is 26.1. The summed E-state index contributed by atoms with van der Waals surface area (Å²) in [6, 6.07) is 6.86. The van der Waals surface area contributed by atoms with E-state index in [2.05, 4.69) is 0 Å². The van der Waals surface area contributed by atoms with Gasteiger partial charge in [-0.05, 0) is 17.7 Å². The summed E-state index contributed by atoms with van der Waals surface area (Å²) in [5, 5.41) is 18.9. The summed E-state index contributed by atoms with van der Waals surface area (Å²) < 4.78 is 19.7. The van der Waals surface area contributed by atoms with Crippen molar-refractivity contribution in [2.75, 3.05) is 19.8 Å². The third kappa shape index (κ3) is 3.34. The molecule has 1 aliphatic rings. The van der Waals surface area contributed by atoms with Crippen molar-refractivity contribution in [3.8, 4) is 11.6 Å². The van der Waals surface area contributed by atoms with Gasteiger partial charge in [-0.3, -0.25) is 9.59 Å². The quantitative estimate of drug-likeness (QED) is 0.831. The molecule has 25 heavy (non-hydrogen) atoms. The second kappa shape index (κ2) is 6.94. The van der Waals surface area contributed by atoms with E-state index < -0.39 is 17.1 Å². The average Bonchev–Trinajstić information content (AvgIpc) is 2.60. The third-order valence-corrected chi connectivity index (χ3v) is 3.96. The molecule has 0 aliphatic carbocycles. The molecule has 0 radical (unpaired) electrons. The second-order valence-corrected chi connectivity index (χ2v) is 5.62. The summed E-state index contributed by atoms with van der Waals surface area (Å²) in [6.07, 6.45) is 0. The average molecular weight is 348 g/mol. The van der Waals surface area contributed by atoms with E-state index in [1.807, 2.05) is 0 Å². The lowest BCUT2D eigenvalue weighted by molar-refractivity contribution is 0.0673. The molecule has 0 unspecified atom stereocenters. The number of benzene rings is 1. The van der Waals surface area contributed by atoms with E-state index in [-0.39, 0.29) is 37.1 Å². The number of carbonyl (C=O) groups is 1. The highest BCUT2D eigenvalue weighted by molar-refractivity contribution is 5.96. The summed E-state index contributed by atoms with van der Waals surface area (Å²) in [5.41, 5.74) is -0.136. The van der Waals surface area contributed by atoms with E-state index in [1.165, 1.54) is 21.6 Å². The van der Waals surface area contributed by atoms with Gasteiger partial charge in [0.05, 0.1) is 6.61 Å². The molecule has 0 fully saturated rings. The van der Waals surface area contributed by atoms with Gasteiger partial charge in [0.25, 0.3) is 5.91 Å². The Kier molecular flexibility index (Phi) is 4.71. The molecule has 2 heterocycles. The highest BCUT2D eigenvalue weighted by atomic mass is 19.1. The molecule has 1 amide bonds. The van der Waals surface area contributed by atoms with Crippen molar-refractivity contribution in [1.29, 1.82) is 0 Å². The van der Waals surface area contributed by atoms with Crippen LogP contribution in [0.1, 0.15) is 16.1 Å². The van der Waals surface area contributed by atoms with Gasteiger partial charge < -0.3 is 24.4 Å². The van der Waals surface area contributed by atoms with E-state index in [4.69, 9.17) is 9.84 Å². The molecule has 0 bridgehead atoms. The molecule has 0 saturated carbocycles. The maximum Gasteiger partial charge on any atom is 0.274 e. The number of aliphatic hydroxyl groups excluding tert-OH is 1. The molecule has 2 aromatic rings. The number of hydrogen-bond donors (Lipinski definition) is 2. The standard InChI is InChI=1S/C17H17FN2O5/c18-12-3-1-11(2-4-12)10-19-5-6-20-14(25-8-7-21)9-13(22)16(23)15(20)17(19)24/h1-4,9,21,23H,5-8,10H2. The minimum Gasteiger partial charge on any atom is -0.503 e. The highest BCUT2D eigenvalue weighted by Gasteiger charge is 2.30. The van der Waals surface area contributed by atoms with Crippen LogP contribution in [0.3, 0.4) is 0 Å². The number of pyridine rings is 1. The van der Waals surface area contributed by atoms with Crippen molar-refractivity contribution < 1.29 is 24.1 Å². The van der Waals surface area contributed by atoms with Crippen molar-refractivity contribution in [2.45, 2.75) is 13.1 Å². The maximum absolute atomic E-state index is 13.0. The zero-order valence-electron chi connectivity index (χ0n) is 13.3. The Bertz CT molecular complexity index is 847. The summed E-state index contributed by atoms with van der Waals surface area (Å²) in [7, 11) is 0. The van der Waals surface area contributed by atoms with Gasteiger partial charge in [0.15, 0.2) is 17.3 Å². The van der Waals surface area contributed by atoms with Crippen LogP contribution < -0.4 is 10.2 Å². The Morgan fingerprint density at radius 2 is 1.88 bits per heavy atom. The molecule has 7 nitrogen and oxygen atoms in total. The Morgan fingerprint density at radius 3 is 2.56 bits per heavy atom. The van der Waals surface area contributed by atoms with E-state index in [0.29, 0.717) is 13.1 Å². The van der Waals surface area contributed by atoms with Gasteiger partial charge in [-0.25, -0.2) is 4.39 Å². The molecule has 132 valence electrons. The van der Waals surface area contributed by atoms with Crippen LogP contribution in [0.4, 0.5) is 4.39 Å². The molecule has 0 spiro atoms. The monoisotopic (exact) mass is 348 g/mol. The van der Waals surface area contributed by atoms with Crippen molar-refractivity contribution in [3.05, 3.63) is 57.6 Å². The lowest BCUT2D eigenvalue weighted by Crippen LogP contribution is -2.41. The van der Waals surface area contributed by atoms with Gasteiger partial charge in [-0.1, -0.05) is 12.1 Å². The number of aromatic hydroxyl groups is 1. The van der Waals surface area contributed by atoms with Crippen LogP contribution in [0.5, 0.6) is 11.6 Å². The summed E-state index contributed by atoms with van der Waals surface area (Å²) >= 11 is 0. The number of rotatable bonds is 5. The maximum atomic E-state index is 13.0. The normalized spacial score (nSPS) is 13.7. The van der Waals surface area contributed by atoms with E-state index >= 15 is 0 Å². The first-order chi connectivity index (χ1) is 12.0. The number of aliphatic hydroxyl groups is 1. The van der Waals surface area contributed by atoms with Crippen molar-refractivity contribution in [3.63, 3.8) is 0 Å². The number of carbonyl (C=O) groups excluding carboxylic acids is 1. The SMILES string of the molecule is O=C1c2c(O)c(=O)cc(OCCO)n2CCN1Cc1ccc(F)cc1. The van der Waals surface area contributed by atoms with Crippen molar-refractivity contribution in [2.24, 2.45) is 0 Å². The number of hydrogen-bond acceptors (Lipinski definition) is 5. The Morgan fingerprint density at radius 1 is 1.16 bits per heavy atom. The molecule has 8 heteroatoms. The van der Waals surface area contributed by atoms with Gasteiger partial charge in [0.2, 0.25) is 5.43 Å². The Labute approximate surface area is 142 Å². The van der Waals surface area contributed by atoms with Crippen LogP contribution in [0, 0.1) is 5.82 Å². The number of halogens is 1. The first-order valence-corrected chi connectivity index (χ1v) is 7.75. The van der Waals surface area contributed by atoms with Gasteiger partial charge in [-0.15, -0.1) is 0 Å². The van der Waals surface area contributed by atoms with Crippen LogP contribution in [-0.4, -0.2) is 45.3 Å². The number of fused-ring (bicyclic) bond motifs is 1. The van der Waals surface area contributed by atoms with Crippen LogP contribution in [0.15, 0.2) is 35.1 Å². The largest absolute Gasteiger partial charge is 0.503 e. The smallest absolute Gasteiger partial charge is 0.274 e. The minimum absolute atomic E-state index is 0.0306. The zero-order valence-corrected chi connectivity index (χ0v) is 13.3. The summed E-state index contributed by atoms with van der Waals surface area (Å²) in [6.45, 7) is 0.610. The number of ether oxygens (including phenoxy) is 1. The fourth-order valence-corrected chi connectivity index (χ4v) is 2.75. The van der Waals surface area contributed by atoms with Gasteiger partial charge >= 0.3 is 0 Å². The number of nitrogens with zero attached hydrogens (tertiary/aromatic N) is 2. The van der Waals surface area contributed by atoms with Gasteiger partial charge in [0.1, 0.15) is 12.4 Å². The Hall–Kier alpha value is -2.87. The first kappa shape index (κ1) is 17.0. The van der Waals surface area contributed by atoms with E-state index in [9.17, 15) is 19.1 Å². The lowest BCUT2D eigenvalue weighted by atomic mass is 10.1. The van der Waals surface area contributed by atoms with Crippen LogP contribution >= 0.6 is 0 Å². The molecular formula is C17H17FN2O5. The lowest BCUT2D eigenvalue weighted by Gasteiger charge is -2.31. The second-order valence-electron chi connectivity index (χ2n) is 5.62. The molecule has 3 rings (SSSR count). The van der Waals surface area contributed by atoms with Crippen LogP contribution in [-0.2, 0) is 13.1 Å². The predicted octanol–water partition coefficient (Wildman–Crippen LogP) is 0.720. The van der Waals surface area contributed by atoms with Gasteiger partial charge in [0, 0.05) is 25.7 Å². The summed E-state index contributed by atoms with van der Waals surface area (Å²) in [5.74, 6) is -1.39. The predicted molar refractivity (Wildman–Crippen MR) is 86.1 cm³/mol. The number of amides is 1. The van der Waals surface area contributed by atoms with Crippen molar-refractivity contribution in [1.82, 2.24) is 9.47 Å². The molecule has 0 atom stereocenters. The number of aromatic nitrogens is 1. The first-order valence-electron chi connectivity index (χ1n) is 7.75. The minimum atomic E-state index is -0.726. The molecule has 1 aromatic heterocycles. The van der Waals surface area contributed by atoms with Gasteiger partial charge in [-0.2, -0.15) is 0 Å². The van der Waals surface area contributed by atoms with Crippen molar-refractivity contribution >= 4 is 5.91 Å². The zero-order chi connectivity index (χ0) is 18.0. The molecule has 1 aromatic carbocycles. The molecule has 1 aliphatic heterocycles. The molecule has 2 N–H and O–H groups in total. The molecule has 0 saturated heterocycles. The third-order valence-electron chi connectivity index (χ3n) is 3.96. The van der Waals surface area contributed by atoms with Crippen LogP contribution in [0.2, 0.25) is 0 Å².